The van der Waals surface area contributed by atoms with Crippen LogP contribution in [0.15, 0.2) is 54.6 Å². The monoisotopic (exact) mass is 429 g/mol. The number of halogens is 1. The molecule has 1 atom stereocenters. The predicted octanol–water partition coefficient (Wildman–Crippen LogP) is 4.72. The molecular weight excluding hydrogens is 401 g/mol. The number of carbonyl (C=O) groups excluding carboxylic acids is 3. The zero-order valence-corrected chi connectivity index (χ0v) is 18.0. The lowest BCUT2D eigenvalue weighted by molar-refractivity contribution is -0.145. The quantitative estimate of drug-likeness (QED) is 0.461. The first-order chi connectivity index (χ1) is 14.6. The van der Waals surface area contributed by atoms with Gasteiger partial charge in [-0.1, -0.05) is 54.6 Å². The fraction of sp³-hybridized carbons (Fsp3) is 0.375. The minimum Gasteiger partial charge on any atom is -0.462 e. The lowest BCUT2D eigenvalue weighted by Crippen LogP contribution is -2.37. The Morgan fingerprint density at radius 1 is 0.935 bits per heavy atom. The number of esters is 1. The molecule has 1 unspecified atom stereocenters. The van der Waals surface area contributed by atoms with Gasteiger partial charge in [-0.3, -0.25) is 9.59 Å². The molecule has 0 radical (unpaired) electrons. The number of ether oxygens (including phenoxy) is 2. The fourth-order valence-electron chi connectivity index (χ4n) is 2.66. The van der Waals surface area contributed by atoms with Crippen LogP contribution in [0.3, 0.4) is 0 Å². The largest absolute Gasteiger partial charge is 0.462 e. The number of rotatable bonds is 9. The maximum Gasteiger partial charge on any atom is 0.407 e. The van der Waals surface area contributed by atoms with Crippen LogP contribution >= 0.6 is 0 Å². The van der Waals surface area contributed by atoms with E-state index >= 15 is 0 Å². The van der Waals surface area contributed by atoms with Gasteiger partial charge in [-0.15, -0.1) is 0 Å². The van der Waals surface area contributed by atoms with Crippen LogP contribution in [0.5, 0.6) is 0 Å². The normalized spacial score (nSPS) is 12.0. The molecule has 2 aromatic rings. The summed E-state index contributed by atoms with van der Waals surface area (Å²) in [6.07, 6.45) is -2.50. The highest BCUT2D eigenvalue weighted by Gasteiger charge is 2.18. The Balaban J connectivity index is 1.70. The number of carbonyl (C=O) groups is 3. The van der Waals surface area contributed by atoms with Gasteiger partial charge in [0.15, 0.2) is 12.0 Å². The van der Waals surface area contributed by atoms with E-state index in [9.17, 15) is 18.8 Å². The Morgan fingerprint density at radius 3 is 2.16 bits per heavy atom. The van der Waals surface area contributed by atoms with E-state index in [2.05, 4.69) is 5.32 Å². The Kier molecular flexibility index (Phi) is 8.73. The molecule has 2 rings (SSSR count). The van der Waals surface area contributed by atoms with E-state index < -0.39 is 30.4 Å². The third-order valence-electron chi connectivity index (χ3n) is 4.16. The minimum atomic E-state index is -1.57. The summed E-state index contributed by atoms with van der Waals surface area (Å²) in [6.45, 7) is 4.24. The molecular formula is C24H28FNO5. The van der Waals surface area contributed by atoms with Crippen LogP contribution in [0.2, 0.25) is 0 Å². The van der Waals surface area contributed by atoms with E-state index in [1.54, 1.807) is 32.9 Å². The molecule has 0 saturated heterocycles. The molecule has 0 aliphatic rings. The van der Waals surface area contributed by atoms with Crippen molar-refractivity contribution in [2.24, 2.45) is 0 Å². The van der Waals surface area contributed by atoms with E-state index in [1.807, 2.05) is 42.5 Å². The van der Waals surface area contributed by atoms with Crippen LogP contribution in [0.25, 0.3) is 11.1 Å². The summed E-state index contributed by atoms with van der Waals surface area (Å²) < 4.78 is 23.6. The first kappa shape index (κ1) is 24.1. The highest BCUT2D eigenvalue weighted by atomic mass is 19.1. The maximum absolute atomic E-state index is 13.8. The summed E-state index contributed by atoms with van der Waals surface area (Å²) >= 11 is 0. The highest BCUT2D eigenvalue weighted by molar-refractivity contribution is 5.97. The number of Topliss-reactive ketones (excluding diaryl/α,β-unsaturated/α-hetero) is 1. The van der Waals surface area contributed by atoms with E-state index in [4.69, 9.17) is 9.47 Å². The van der Waals surface area contributed by atoms with Gasteiger partial charge in [0.2, 0.25) is 0 Å². The number of hydrogen-bond acceptors (Lipinski definition) is 5. The smallest absolute Gasteiger partial charge is 0.407 e. The van der Waals surface area contributed by atoms with Crippen molar-refractivity contribution in [2.75, 3.05) is 13.2 Å². The van der Waals surface area contributed by atoms with Crippen molar-refractivity contribution >= 4 is 17.8 Å². The first-order valence-electron chi connectivity index (χ1n) is 10.1. The molecule has 0 aromatic heterocycles. The predicted molar refractivity (Wildman–Crippen MR) is 116 cm³/mol. The first-order valence-corrected chi connectivity index (χ1v) is 10.1. The van der Waals surface area contributed by atoms with Crippen molar-refractivity contribution < 1.29 is 28.2 Å². The van der Waals surface area contributed by atoms with Crippen LogP contribution in [-0.2, 0) is 14.3 Å². The zero-order valence-electron chi connectivity index (χ0n) is 18.0. The lowest BCUT2D eigenvalue weighted by Gasteiger charge is -2.20. The summed E-state index contributed by atoms with van der Waals surface area (Å²) in [6, 6.07) is 16.9. The Hall–Kier alpha value is -3.22. The number of amides is 1. The van der Waals surface area contributed by atoms with Crippen LogP contribution in [0.4, 0.5) is 9.18 Å². The Labute approximate surface area is 181 Å². The summed E-state index contributed by atoms with van der Waals surface area (Å²) in [5.74, 6) is -0.867. The van der Waals surface area contributed by atoms with Crippen molar-refractivity contribution in [3.8, 4) is 11.1 Å². The molecule has 7 heteroatoms. The lowest BCUT2D eigenvalue weighted by atomic mass is 10.0. The van der Waals surface area contributed by atoms with E-state index in [0.717, 1.165) is 11.1 Å². The second-order valence-corrected chi connectivity index (χ2v) is 8.03. The van der Waals surface area contributed by atoms with Crippen molar-refractivity contribution in [3.05, 3.63) is 60.2 Å². The molecule has 0 spiro atoms. The zero-order chi connectivity index (χ0) is 22.9. The second-order valence-electron chi connectivity index (χ2n) is 8.03. The molecule has 2 aromatic carbocycles. The van der Waals surface area contributed by atoms with Gasteiger partial charge < -0.3 is 14.8 Å². The Morgan fingerprint density at radius 2 is 1.55 bits per heavy atom. The molecule has 0 aliphatic heterocycles. The summed E-state index contributed by atoms with van der Waals surface area (Å²) in [4.78, 5) is 35.5. The topological polar surface area (TPSA) is 81.7 Å². The van der Waals surface area contributed by atoms with Gasteiger partial charge in [-0.25, -0.2) is 9.18 Å². The van der Waals surface area contributed by atoms with Gasteiger partial charge in [0.1, 0.15) is 12.2 Å². The summed E-state index contributed by atoms with van der Waals surface area (Å²) in [7, 11) is 0. The summed E-state index contributed by atoms with van der Waals surface area (Å²) in [5.41, 5.74) is 1.85. The number of nitrogens with one attached hydrogen (secondary N) is 1. The van der Waals surface area contributed by atoms with E-state index in [0.29, 0.717) is 5.56 Å². The van der Waals surface area contributed by atoms with Crippen molar-refractivity contribution in [1.82, 2.24) is 5.32 Å². The number of benzene rings is 2. The number of alkyl carbamates (subject to hydrolysis) is 1. The van der Waals surface area contributed by atoms with Crippen LogP contribution in [-0.4, -0.2) is 42.8 Å². The molecule has 6 nitrogen and oxygen atoms in total. The highest BCUT2D eigenvalue weighted by Crippen LogP contribution is 2.20. The standard InChI is InChI=1S/C24H28FNO5/c1-24(2,3)31-23(29)26-15-20(25)16-30-22(28)14-13-21(27)19-11-9-18(10-12-19)17-7-5-4-6-8-17/h4-12,20H,13-16H2,1-3H3,(H,26,29). The van der Waals surface area contributed by atoms with Gasteiger partial charge in [0.05, 0.1) is 13.0 Å². The maximum atomic E-state index is 13.8. The van der Waals surface area contributed by atoms with Crippen LogP contribution in [0.1, 0.15) is 44.0 Å². The average molecular weight is 429 g/mol. The number of ketones is 1. The van der Waals surface area contributed by atoms with E-state index in [1.165, 1.54) is 0 Å². The molecule has 0 saturated carbocycles. The SMILES string of the molecule is CC(C)(C)OC(=O)NCC(F)COC(=O)CCC(=O)c1ccc(-c2ccccc2)cc1. The second kappa shape index (κ2) is 11.2. The molecule has 1 amide bonds. The third kappa shape index (κ3) is 8.99. The van der Waals surface area contributed by atoms with Gasteiger partial charge >= 0.3 is 12.1 Å². The van der Waals surface area contributed by atoms with Crippen LogP contribution < -0.4 is 5.32 Å². The molecule has 31 heavy (non-hydrogen) atoms. The minimum absolute atomic E-state index is 0.0311. The fourth-order valence-corrected chi connectivity index (χ4v) is 2.66. The molecule has 0 bridgehead atoms. The van der Waals surface area contributed by atoms with Gasteiger partial charge in [-0.05, 0) is 31.9 Å². The molecule has 166 valence electrons. The van der Waals surface area contributed by atoms with Crippen molar-refractivity contribution in [2.45, 2.75) is 45.4 Å². The molecule has 0 aliphatic carbocycles. The van der Waals surface area contributed by atoms with Gasteiger partial charge in [-0.2, -0.15) is 0 Å². The van der Waals surface area contributed by atoms with Gasteiger partial charge in [0.25, 0.3) is 0 Å². The van der Waals surface area contributed by atoms with Crippen molar-refractivity contribution in [1.29, 1.82) is 0 Å². The average Bonchev–Trinajstić information content (AvgIpc) is 2.74. The number of alkyl halides is 1. The van der Waals surface area contributed by atoms with Crippen LogP contribution in [0, 0.1) is 0 Å². The summed E-state index contributed by atoms with van der Waals surface area (Å²) in [5, 5.41) is 2.27. The van der Waals surface area contributed by atoms with E-state index in [-0.39, 0.29) is 25.2 Å². The third-order valence-corrected chi connectivity index (χ3v) is 4.16. The molecule has 0 heterocycles. The molecule has 1 N–H and O–H groups in total. The number of hydrogen-bond donors (Lipinski definition) is 1. The molecule has 0 fully saturated rings. The van der Waals surface area contributed by atoms with Gasteiger partial charge in [0, 0.05) is 12.0 Å². The Bertz CT molecular complexity index is 875. The van der Waals surface area contributed by atoms with Crippen molar-refractivity contribution in [3.63, 3.8) is 0 Å².